The van der Waals surface area contributed by atoms with Crippen molar-refractivity contribution in [3.63, 3.8) is 0 Å². The third kappa shape index (κ3) is 3.04. The molecular formula is C15H16BrFN2O. The lowest BCUT2D eigenvalue weighted by molar-refractivity contribution is 0.412. The van der Waals surface area contributed by atoms with Crippen LogP contribution in [0.2, 0.25) is 0 Å². The highest BCUT2D eigenvalue weighted by Crippen LogP contribution is 2.29. The molecule has 0 aliphatic carbocycles. The van der Waals surface area contributed by atoms with Gasteiger partial charge in [-0.2, -0.15) is 0 Å². The second-order valence-electron chi connectivity index (χ2n) is 4.50. The van der Waals surface area contributed by atoms with E-state index in [1.807, 2.05) is 30.1 Å². The lowest BCUT2D eigenvalue weighted by Crippen LogP contribution is -2.18. The molecule has 0 bridgehead atoms. The summed E-state index contributed by atoms with van der Waals surface area (Å²) in [5.41, 5.74) is 7.69. The van der Waals surface area contributed by atoms with Crippen LogP contribution in [0.4, 0.5) is 15.8 Å². The Kier molecular flexibility index (Phi) is 4.49. The van der Waals surface area contributed by atoms with Crippen molar-refractivity contribution in [2.45, 2.75) is 6.54 Å². The van der Waals surface area contributed by atoms with Gasteiger partial charge < -0.3 is 15.4 Å². The minimum atomic E-state index is -0.398. The van der Waals surface area contributed by atoms with E-state index >= 15 is 0 Å². The molecule has 0 unspecified atom stereocenters. The Morgan fingerprint density at radius 2 is 2.05 bits per heavy atom. The molecule has 3 nitrogen and oxygen atoms in total. The maximum atomic E-state index is 13.5. The number of nitrogens with two attached hydrogens (primary N) is 1. The van der Waals surface area contributed by atoms with Gasteiger partial charge in [-0.25, -0.2) is 4.39 Å². The lowest BCUT2D eigenvalue weighted by Gasteiger charge is -2.21. The monoisotopic (exact) mass is 338 g/mol. The zero-order valence-corrected chi connectivity index (χ0v) is 12.9. The maximum absolute atomic E-state index is 13.5. The first-order valence-corrected chi connectivity index (χ1v) is 6.89. The minimum absolute atomic E-state index is 0.169. The Morgan fingerprint density at radius 3 is 2.70 bits per heavy atom. The number of benzene rings is 2. The van der Waals surface area contributed by atoms with Crippen LogP contribution in [0.3, 0.4) is 0 Å². The fraction of sp³-hybridized carbons (Fsp3) is 0.200. The fourth-order valence-corrected chi connectivity index (χ4v) is 2.61. The van der Waals surface area contributed by atoms with Crippen LogP contribution in [0.25, 0.3) is 0 Å². The molecule has 2 rings (SSSR count). The highest BCUT2D eigenvalue weighted by Gasteiger charge is 2.10. The van der Waals surface area contributed by atoms with Crippen molar-refractivity contribution in [2.24, 2.45) is 0 Å². The zero-order chi connectivity index (χ0) is 14.7. The molecule has 2 aromatic rings. The number of halogens is 2. The van der Waals surface area contributed by atoms with E-state index in [-0.39, 0.29) is 5.69 Å². The average molecular weight is 339 g/mol. The Bertz CT molecular complexity index is 619. The van der Waals surface area contributed by atoms with Gasteiger partial charge in [-0.1, -0.05) is 12.1 Å². The van der Waals surface area contributed by atoms with Crippen molar-refractivity contribution in [1.82, 2.24) is 0 Å². The normalized spacial score (nSPS) is 10.4. The predicted molar refractivity (Wildman–Crippen MR) is 83.6 cm³/mol. The molecule has 0 saturated heterocycles. The number of anilines is 2. The van der Waals surface area contributed by atoms with Crippen LogP contribution in [0.15, 0.2) is 40.9 Å². The summed E-state index contributed by atoms with van der Waals surface area (Å²) in [6.45, 7) is 0.621. The van der Waals surface area contributed by atoms with Gasteiger partial charge in [0.15, 0.2) is 0 Å². The second kappa shape index (κ2) is 6.13. The van der Waals surface area contributed by atoms with E-state index in [0.717, 1.165) is 15.8 Å². The molecule has 0 atom stereocenters. The van der Waals surface area contributed by atoms with Crippen LogP contribution < -0.4 is 15.4 Å². The van der Waals surface area contributed by atoms with E-state index in [1.54, 1.807) is 19.2 Å². The van der Waals surface area contributed by atoms with E-state index < -0.39 is 5.82 Å². The molecule has 0 aliphatic rings. The van der Waals surface area contributed by atoms with Gasteiger partial charge in [-0.05, 0) is 45.8 Å². The molecule has 106 valence electrons. The van der Waals surface area contributed by atoms with Crippen LogP contribution >= 0.6 is 15.9 Å². The van der Waals surface area contributed by atoms with Gasteiger partial charge in [0.1, 0.15) is 11.6 Å². The van der Waals surface area contributed by atoms with Gasteiger partial charge >= 0.3 is 0 Å². The minimum Gasteiger partial charge on any atom is -0.496 e. The van der Waals surface area contributed by atoms with Crippen LogP contribution in [0.1, 0.15) is 5.56 Å². The Labute approximate surface area is 126 Å². The molecule has 0 amide bonds. The van der Waals surface area contributed by atoms with Crippen molar-refractivity contribution in [2.75, 3.05) is 24.8 Å². The summed E-state index contributed by atoms with van der Waals surface area (Å²) in [6, 6.07) is 10.7. The van der Waals surface area contributed by atoms with E-state index in [2.05, 4.69) is 15.9 Å². The second-order valence-corrected chi connectivity index (χ2v) is 5.35. The van der Waals surface area contributed by atoms with Gasteiger partial charge in [0, 0.05) is 13.6 Å². The maximum Gasteiger partial charge on any atom is 0.148 e. The van der Waals surface area contributed by atoms with Gasteiger partial charge in [-0.3, -0.25) is 0 Å². The average Bonchev–Trinajstić information content (AvgIpc) is 2.42. The molecule has 0 aromatic heterocycles. The SMILES string of the molecule is COc1ccc(CN(C)c2cccc(F)c2N)cc1Br. The largest absolute Gasteiger partial charge is 0.496 e. The number of hydrogen-bond donors (Lipinski definition) is 1. The van der Waals surface area contributed by atoms with E-state index in [4.69, 9.17) is 10.5 Å². The Balaban J connectivity index is 2.21. The Hall–Kier alpha value is -1.75. The van der Waals surface area contributed by atoms with Gasteiger partial charge in [-0.15, -0.1) is 0 Å². The third-order valence-electron chi connectivity index (χ3n) is 3.08. The molecule has 20 heavy (non-hydrogen) atoms. The zero-order valence-electron chi connectivity index (χ0n) is 11.4. The molecule has 0 radical (unpaired) electrons. The fourth-order valence-electron chi connectivity index (χ4n) is 2.03. The molecule has 0 aliphatic heterocycles. The van der Waals surface area contributed by atoms with Crippen LogP contribution in [0.5, 0.6) is 5.75 Å². The molecule has 0 heterocycles. The van der Waals surface area contributed by atoms with E-state index in [0.29, 0.717) is 12.2 Å². The van der Waals surface area contributed by atoms with Crippen molar-refractivity contribution in [3.05, 3.63) is 52.3 Å². The van der Waals surface area contributed by atoms with Gasteiger partial charge in [0.25, 0.3) is 0 Å². The number of rotatable bonds is 4. The predicted octanol–water partition coefficient (Wildman–Crippen LogP) is 3.82. The number of ether oxygens (including phenoxy) is 1. The topological polar surface area (TPSA) is 38.5 Å². The lowest BCUT2D eigenvalue weighted by atomic mass is 10.2. The summed E-state index contributed by atoms with van der Waals surface area (Å²) in [4.78, 5) is 1.91. The molecule has 2 N–H and O–H groups in total. The van der Waals surface area contributed by atoms with Crippen molar-refractivity contribution >= 4 is 27.3 Å². The number of methoxy groups -OCH3 is 1. The molecule has 0 fully saturated rings. The molecule has 0 saturated carbocycles. The first-order valence-electron chi connectivity index (χ1n) is 6.10. The highest BCUT2D eigenvalue weighted by atomic mass is 79.9. The highest BCUT2D eigenvalue weighted by molar-refractivity contribution is 9.10. The van der Waals surface area contributed by atoms with Crippen LogP contribution in [-0.2, 0) is 6.54 Å². The van der Waals surface area contributed by atoms with Crippen molar-refractivity contribution in [3.8, 4) is 5.75 Å². The molecule has 0 spiro atoms. The van der Waals surface area contributed by atoms with E-state index in [1.165, 1.54) is 6.07 Å². The summed E-state index contributed by atoms with van der Waals surface area (Å²) in [6.07, 6.45) is 0. The first-order chi connectivity index (χ1) is 9.52. The summed E-state index contributed by atoms with van der Waals surface area (Å²) in [5.74, 6) is 0.381. The van der Waals surface area contributed by atoms with Gasteiger partial charge in [0.2, 0.25) is 0 Å². The standard InChI is InChI=1S/C15H16BrFN2O/c1-19(13-5-3-4-12(17)15(13)18)9-10-6-7-14(20-2)11(16)8-10/h3-8H,9,18H2,1-2H3. The summed E-state index contributed by atoms with van der Waals surface area (Å²) in [7, 11) is 3.50. The van der Waals surface area contributed by atoms with Crippen molar-refractivity contribution < 1.29 is 9.13 Å². The number of para-hydroxylation sites is 1. The summed E-state index contributed by atoms with van der Waals surface area (Å²) >= 11 is 3.45. The Morgan fingerprint density at radius 1 is 1.30 bits per heavy atom. The van der Waals surface area contributed by atoms with Crippen LogP contribution in [-0.4, -0.2) is 14.2 Å². The number of nitrogens with zero attached hydrogens (tertiary/aromatic N) is 1. The molecule has 5 heteroatoms. The molecule has 2 aromatic carbocycles. The van der Waals surface area contributed by atoms with Crippen LogP contribution in [0, 0.1) is 5.82 Å². The molecular weight excluding hydrogens is 323 g/mol. The summed E-state index contributed by atoms with van der Waals surface area (Å²) in [5, 5.41) is 0. The van der Waals surface area contributed by atoms with Crippen molar-refractivity contribution in [1.29, 1.82) is 0 Å². The summed E-state index contributed by atoms with van der Waals surface area (Å²) < 4.78 is 19.5. The van der Waals surface area contributed by atoms with Gasteiger partial charge in [0.05, 0.1) is 23.0 Å². The number of hydrogen-bond acceptors (Lipinski definition) is 3. The number of nitrogen functional groups attached to an aromatic ring is 1. The smallest absolute Gasteiger partial charge is 0.148 e. The quantitative estimate of drug-likeness (QED) is 0.861. The van der Waals surface area contributed by atoms with E-state index in [9.17, 15) is 4.39 Å². The third-order valence-corrected chi connectivity index (χ3v) is 3.70. The first kappa shape index (κ1) is 14.7.